The average molecular weight is 379 g/mol. The Balaban J connectivity index is 1.42. The summed E-state index contributed by atoms with van der Waals surface area (Å²) in [6.07, 6.45) is 1.70. The Morgan fingerprint density at radius 1 is 1.19 bits per heavy atom. The topological polar surface area (TPSA) is 73.0 Å². The summed E-state index contributed by atoms with van der Waals surface area (Å²) in [5.74, 6) is -0.608. The number of rotatable bonds is 5. The van der Waals surface area contributed by atoms with Crippen LogP contribution in [-0.4, -0.2) is 71.8 Å². The Morgan fingerprint density at radius 3 is 2.42 bits per heavy atom. The maximum Gasteiger partial charge on any atom is 0.327 e. The maximum absolute atomic E-state index is 12.2. The van der Waals surface area contributed by atoms with E-state index in [1.165, 1.54) is 10.5 Å². The highest BCUT2D eigenvalue weighted by Gasteiger charge is 2.35. The highest BCUT2D eigenvalue weighted by Crippen LogP contribution is 2.16. The second-order valence-electron chi connectivity index (χ2n) is 6.86. The van der Waals surface area contributed by atoms with Gasteiger partial charge in [-0.2, -0.15) is 0 Å². The lowest BCUT2D eigenvalue weighted by atomic mass is 10.0. The van der Waals surface area contributed by atoms with E-state index in [0.29, 0.717) is 0 Å². The molecule has 0 atom stereocenters. The van der Waals surface area contributed by atoms with Crippen LogP contribution in [0.2, 0.25) is 5.02 Å². The first-order chi connectivity index (χ1) is 12.4. The van der Waals surface area contributed by atoms with Gasteiger partial charge in [0.15, 0.2) is 0 Å². The number of piperidine rings is 1. The predicted octanol–water partition coefficient (Wildman–Crippen LogP) is 1.31. The van der Waals surface area contributed by atoms with Crippen LogP contribution in [0.1, 0.15) is 18.4 Å². The Labute approximate surface area is 157 Å². The van der Waals surface area contributed by atoms with Gasteiger partial charge in [-0.3, -0.25) is 19.4 Å². The van der Waals surface area contributed by atoms with Crippen LogP contribution < -0.4 is 5.32 Å². The third-order valence-electron chi connectivity index (χ3n) is 4.80. The first-order valence-electron chi connectivity index (χ1n) is 8.74. The van der Waals surface area contributed by atoms with E-state index in [-0.39, 0.29) is 30.9 Å². The Hall–Kier alpha value is -2.12. The SMILES string of the molecule is CN1CC(=O)N(CC(=O)NC2CCN(Cc3ccc(Cl)cc3)CC2)C1=O. The molecule has 2 fully saturated rings. The van der Waals surface area contributed by atoms with Crippen molar-refractivity contribution >= 4 is 29.4 Å². The van der Waals surface area contributed by atoms with Gasteiger partial charge in [-0.25, -0.2) is 4.79 Å². The Kier molecular flexibility index (Phi) is 5.78. The number of carbonyl (C=O) groups is 3. The minimum atomic E-state index is -0.414. The van der Waals surface area contributed by atoms with Gasteiger partial charge in [0.05, 0.1) is 0 Å². The van der Waals surface area contributed by atoms with E-state index in [0.717, 1.165) is 42.4 Å². The quantitative estimate of drug-likeness (QED) is 0.784. The van der Waals surface area contributed by atoms with E-state index in [9.17, 15) is 14.4 Å². The molecule has 26 heavy (non-hydrogen) atoms. The minimum Gasteiger partial charge on any atom is -0.352 e. The average Bonchev–Trinajstić information content (AvgIpc) is 2.85. The third kappa shape index (κ3) is 4.53. The van der Waals surface area contributed by atoms with Crippen LogP contribution in [-0.2, 0) is 16.1 Å². The first kappa shape index (κ1) is 18.7. The number of nitrogens with one attached hydrogen (secondary N) is 1. The standard InChI is InChI=1S/C18H23ClN4O3/c1-21-12-17(25)23(18(21)26)11-16(24)20-15-6-8-22(9-7-15)10-13-2-4-14(19)5-3-13/h2-5,15H,6-12H2,1H3,(H,20,24). The lowest BCUT2D eigenvalue weighted by Crippen LogP contribution is -2.48. The van der Waals surface area contributed by atoms with Crippen molar-refractivity contribution in [3.8, 4) is 0 Å². The second kappa shape index (κ2) is 8.05. The number of halogens is 1. The molecule has 0 radical (unpaired) electrons. The van der Waals surface area contributed by atoms with Crippen molar-refractivity contribution in [2.45, 2.75) is 25.4 Å². The van der Waals surface area contributed by atoms with Crippen molar-refractivity contribution in [1.29, 1.82) is 0 Å². The number of nitrogens with zero attached hydrogens (tertiary/aromatic N) is 3. The molecule has 0 spiro atoms. The summed E-state index contributed by atoms with van der Waals surface area (Å²) in [5, 5.41) is 3.68. The summed E-state index contributed by atoms with van der Waals surface area (Å²) in [4.78, 5) is 40.4. The number of likely N-dealkylation sites (tertiary alicyclic amines) is 1. The minimum absolute atomic E-state index is 0.0369. The van der Waals surface area contributed by atoms with Gasteiger partial charge >= 0.3 is 6.03 Å². The van der Waals surface area contributed by atoms with Crippen LogP contribution in [0.3, 0.4) is 0 Å². The van der Waals surface area contributed by atoms with Gasteiger partial charge in [0, 0.05) is 37.7 Å². The van der Waals surface area contributed by atoms with Crippen molar-refractivity contribution in [2.24, 2.45) is 0 Å². The van der Waals surface area contributed by atoms with E-state index in [1.807, 2.05) is 24.3 Å². The van der Waals surface area contributed by atoms with Gasteiger partial charge in [-0.05, 0) is 30.5 Å². The van der Waals surface area contributed by atoms with Crippen LogP contribution in [0.25, 0.3) is 0 Å². The number of imide groups is 1. The van der Waals surface area contributed by atoms with Gasteiger partial charge in [0.1, 0.15) is 13.1 Å². The summed E-state index contributed by atoms with van der Waals surface area (Å²) >= 11 is 5.91. The Morgan fingerprint density at radius 2 is 1.85 bits per heavy atom. The molecule has 0 saturated carbocycles. The monoisotopic (exact) mass is 378 g/mol. The smallest absolute Gasteiger partial charge is 0.327 e. The highest BCUT2D eigenvalue weighted by atomic mass is 35.5. The maximum atomic E-state index is 12.2. The molecule has 2 aliphatic heterocycles. The zero-order valence-electron chi connectivity index (χ0n) is 14.8. The van der Waals surface area contributed by atoms with Gasteiger partial charge < -0.3 is 10.2 Å². The third-order valence-corrected chi connectivity index (χ3v) is 5.06. The van der Waals surface area contributed by atoms with Gasteiger partial charge in [0.25, 0.3) is 5.91 Å². The van der Waals surface area contributed by atoms with Crippen LogP contribution in [0.15, 0.2) is 24.3 Å². The molecule has 2 aliphatic rings. The molecule has 1 aromatic rings. The fraction of sp³-hybridized carbons (Fsp3) is 0.500. The van der Waals surface area contributed by atoms with Crippen molar-refractivity contribution in [1.82, 2.24) is 20.0 Å². The normalized spacial score (nSPS) is 19.3. The van der Waals surface area contributed by atoms with Crippen molar-refractivity contribution in [3.63, 3.8) is 0 Å². The van der Waals surface area contributed by atoms with Crippen molar-refractivity contribution in [3.05, 3.63) is 34.9 Å². The number of hydrogen-bond acceptors (Lipinski definition) is 4. The van der Waals surface area contributed by atoms with E-state index in [4.69, 9.17) is 11.6 Å². The zero-order chi connectivity index (χ0) is 18.7. The molecule has 4 amide bonds. The van der Waals surface area contributed by atoms with Crippen LogP contribution in [0.4, 0.5) is 4.79 Å². The molecular weight excluding hydrogens is 356 g/mol. The molecule has 3 rings (SSSR count). The number of likely N-dealkylation sites (N-methyl/N-ethyl adjacent to an activating group) is 1. The molecule has 8 heteroatoms. The summed E-state index contributed by atoms with van der Waals surface area (Å²) in [7, 11) is 1.55. The van der Waals surface area contributed by atoms with Gasteiger partial charge in [-0.1, -0.05) is 23.7 Å². The predicted molar refractivity (Wildman–Crippen MR) is 97.6 cm³/mol. The molecule has 7 nitrogen and oxygen atoms in total. The summed E-state index contributed by atoms with van der Waals surface area (Å²) < 4.78 is 0. The summed E-state index contributed by atoms with van der Waals surface area (Å²) in [6, 6.07) is 7.50. The lowest BCUT2D eigenvalue weighted by molar-refractivity contribution is -0.131. The van der Waals surface area contributed by atoms with Crippen molar-refractivity contribution < 1.29 is 14.4 Å². The van der Waals surface area contributed by atoms with Crippen molar-refractivity contribution in [2.75, 3.05) is 33.2 Å². The lowest BCUT2D eigenvalue weighted by Gasteiger charge is -2.32. The van der Waals surface area contributed by atoms with E-state index < -0.39 is 6.03 Å². The van der Waals surface area contributed by atoms with Crippen LogP contribution in [0, 0.1) is 0 Å². The molecule has 1 aromatic carbocycles. The highest BCUT2D eigenvalue weighted by molar-refractivity contribution is 6.30. The molecular formula is C18H23ClN4O3. The molecule has 0 aliphatic carbocycles. The fourth-order valence-corrected chi connectivity index (χ4v) is 3.45. The van der Waals surface area contributed by atoms with E-state index in [2.05, 4.69) is 10.2 Å². The molecule has 1 N–H and O–H groups in total. The Bertz CT molecular complexity index is 686. The van der Waals surface area contributed by atoms with E-state index in [1.54, 1.807) is 7.05 Å². The second-order valence-corrected chi connectivity index (χ2v) is 7.30. The number of carbonyl (C=O) groups excluding carboxylic acids is 3. The zero-order valence-corrected chi connectivity index (χ0v) is 15.5. The summed E-state index contributed by atoms with van der Waals surface area (Å²) in [6.45, 7) is 2.47. The molecule has 0 aromatic heterocycles. The molecule has 140 valence electrons. The molecule has 0 unspecified atom stereocenters. The van der Waals surface area contributed by atoms with Gasteiger partial charge in [-0.15, -0.1) is 0 Å². The van der Waals surface area contributed by atoms with Crippen LogP contribution >= 0.6 is 11.6 Å². The number of urea groups is 1. The molecule has 2 saturated heterocycles. The largest absolute Gasteiger partial charge is 0.352 e. The van der Waals surface area contributed by atoms with Crippen LogP contribution in [0.5, 0.6) is 0 Å². The van der Waals surface area contributed by atoms with Gasteiger partial charge in [0.2, 0.25) is 5.91 Å². The van der Waals surface area contributed by atoms with E-state index >= 15 is 0 Å². The number of benzene rings is 1. The summed E-state index contributed by atoms with van der Waals surface area (Å²) in [5.41, 5.74) is 1.21. The number of hydrogen-bond donors (Lipinski definition) is 1. The number of amides is 4. The first-order valence-corrected chi connectivity index (χ1v) is 9.12. The molecule has 2 heterocycles. The fourth-order valence-electron chi connectivity index (χ4n) is 3.32. The molecule has 0 bridgehead atoms.